The van der Waals surface area contributed by atoms with Crippen LogP contribution in [-0.4, -0.2) is 62.7 Å². The monoisotopic (exact) mass is 421 g/mol. The summed E-state index contributed by atoms with van der Waals surface area (Å²) >= 11 is 0. The number of anilines is 1. The smallest absolute Gasteiger partial charge is 0.427 e. The molecule has 1 atom stereocenters. The molecule has 2 aromatic heterocycles. The van der Waals surface area contributed by atoms with Crippen molar-refractivity contribution in [3.8, 4) is 5.88 Å². The minimum atomic E-state index is -0.963. The van der Waals surface area contributed by atoms with Gasteiger partial charge in [0.05, 0.1) is 32.7 Å². The van der Waals surface area contributed by atoms with Crippen LogP contribution in [0, 0.1) is 0 Å². The van der Waals surface area contributed by atoms with E-state index in [1.165, 1.54) is 7.11 Å². The summed E-state index contributed by atoms with van der Waals surface area (Å²) in [6, 6.07) is 0. The van der Waals surface area contributed by atoms with Crippen molar-refractivity contribution in [2.45, 2.75) is 65.4 Å². The number of hydrogen-bond donors (Lipinski definition) is 0. The summed E-state index contributed by atoms with van der Waals surface area (Å²) in [6.07, 6.45) is -0.275. The minimum absolute atomic E-state index is 0.0691. The number of carbonyl (C=O) groups excluding carboxylic acids is 2. The zero-order valence-corrected chi connectivity index (χ0v) is 18.3. The van der Waals surface area contributed by atoms with Crippen molar-refractivity contribution in [2.75, 3.05) is 18.6 Å². The van der Waals surface area contributed by atoms with E-state index in [2.05, 4.69) is 15.0 Å². The van der Waals surface area contributed by atoms with E-state index in [4.69, 9.17) is 18.9 Å². The second kappa shape index (κ2) is 7.71. The fourth-order valence-electron chi connectivity index (χ4n) is 2.53. The molecule has 0 bridgehead atoms. The molecular formula is C19H27N5O6. The van der Waals surface area contributed by atoms with Gasteiger partial charge in [0.2, 0.25) is 11.8 Å². The van der Waals surface area contributed by atoms with E-state index in [9.17, 15) is 9.59 Å². The molecule has 0 N–H and O–H groups in total. The molecule has 0 unspecified atom stereocenters. The molecule has 0 aliphatic carbocycles. The number of rotatable bonds is 4. The molecule has 11 nitrogen and oxygen atoms in total. The molecule has 1 aliphatic heterocycles. The van der Waals surface area contributed by atoms with Gasteiger partial charge in [-0.2, -0.15) is 9.97 Å². The maximum absolute atomic E-state index is 12.9. The summed E-state index contributed by atoms with van der Waals surface area (Å²) < 4.78 is 23.1. The van der Waals surface area contributed by atoms with Crippen molar-refractivity contribution in [1.29, 1.82) is 0 Å². The Balaban J connectivity index is 2.08. The van der Waals surface area contributed by atoms with Crippen LogP contribution in [0.3, 0.4) is 0 Å². The van der Waals surface area contributed by atoms with Crippen LogP contribution in [0.2, 0.25) is 0 Å². The van der Waals surface area contributed by atoms with Gasteiger partial charge >= 0.3 is 12.2 Å². The first-order valence-electron chi connectivity index (χ1n) is 9.52. The van der Waals surface area contributed by atoms with E-state index in [0.717, 1.165) is 0 Å². The average Bonchev–Trinajstić information content (AvgIpc) is 3.30. The van der Waals surface area contributed by atoms with Crippen LogP contribution < -0.4 is 9.64 Å². The Bertz CT molecular complexity index is 927. The molecule has 1 fully saturated rings. The topological polar surface area (TPSA) is 121 Å². The normalized spacial score (nSPS) is 16.3. The largest absolute Gasteiger partial charge is 0.479 e. The molecule has 0 radical (unpaired) electrons. The molecule has 0 spiro atoms. The summed E-state index contributed by atoms with van der Waals surface area (Å²) in [5, 5.41) is 0. The Morgan fingerprint density at radius 3 is 2.17 bits per heavy atom. The van der Waals surface area contributed by atoms with Gasteiger partial charge in [-0.25, -0.2) is 14.6 Å². The van der Waals surface area contributed by atoms with E-state index in [-0.39, 0.29) is 17.9 Å². The number of imidazole rings is 1. The number of imide groups is 1. The highest BCUT2D eigenvalue weighted by atomic mass is 16.6. The Hall–Kier alpha value is -2.95. The zero-order chi connectivity index (χ0) is 22.3. The van der Waals surface area contributed by atoms with Crippen LogP contribution in [0.25, 0.3) is 11.2 Å². The predicted molar refractivity (Wildman–Crippen MR) is 107 cm³/mol. The highest BCUT2D eigenvalue weighted by molar-refractivity contribution is 6.08. The standard InChI is InChI=1S/C19H27N5O6/c1-18(2,3)29-16(25)24(17(26)30-19(4,5)6)15-21-13-12(14(22-15)27-7)20-10-23(13)8-11-9-28-11/h10-11H,8-9H2,1-7H3/t11-/m0/s1. The van der Waals surface area contributed by atoms with Gasteiger partial charge in [-0.15, -0.1) is 4.90 Å². The number of aromatic nitrogens is 4. The third kappa shape index (κ3) is 5.15. The zero-order valence-electron chi connectivity index (χ0n) is 18.3. The number of epoxide rings is 1. The van der Waals surface area contributed by atoms with Gasteiger partial charge in [0.1, 0.15) is 11.2 Å². The highest BCUT2D eigenvalue weighted by Crippen LogP contribution is 2.27. The Morgan fingerprint density at radius 2 is 1.70 bits per heavy atom. The number of carbonyl (C=O) groups is 2. The van der Waals surface area contributed by atoms with Crippen molar-refractivity contribution in [3.63, 3.8) is 0 Å². The lowest BCUT2D eigenvalue weighted by Crippen LogP contribution is -2.44. The number of nitrogens with zero attached hydrogens (tertiary/aromatic N) is 5. The number of ether oxygens (including phenoxy) is 4. The van der Waals surface area contributed by atoms with Gasteiger partial charge in [0.15, 0.2) is 11.2 Å². The lowest BCUT2D eigenvalue weighted by atomic mass is 10.2. The third-order valence-corrected chi connectivity index (χ3v) is 3.77. The van der Waals surface area contributed by atoms with Gasteiger partial charge in [-0.3, -0.25) is 0 Å². The highest BCUT2D eigenvalue weighted by Gasteiger charge is 2.36. The van der Waals surface area contributed by atoms with Crippen LogP contribution in [0.5, 0.6) is 5.88 Å². The van der Waals surface area contributed by atoms with Gasteiger partial charge in [-0.1, -0.05) is 0 Å². The predicted octanol–water partition coefficient (Wildman–Crippen LogP) is 2.91. The number of amides is 2. The van der Waals surface area contributed by atoms with Crippen LogP contribution in [0.4, 0.5) is 15.5 Å². The van der Waals surface area contributed by atoms with Crippen LogP contribution >= 0.6 is 0 Å². The van der Waals surface area contributed by atoms with Crippen molar-refractivity contribution < 1.29 is 28.5 Å². The Labute approximate surface area is 174 Å². The SMILES string of the molecule is COc1nc(N(C(=O)OC(C)(C)C)C(=O)OC(C)(C)C)nc2c1ncn2C[C@H]1CO1. The summed E-state index contributed by atoms with van der Waals surface area (Å²) in [7, 11) is 1.42. The van der Waals surface area contributed by atoms with Crippen molar-refractivity contribution in [3.05, 3.63) is 6.33 Å². The molecule has 2 amide bonds. The molecule has 2 aromatic rings. The molecule has 3 rings (SSSR count). The number of hydrogen-bond acceptors (Lipinski definition) is 9. The molecule has 1 saturated heterocycles. The molecule has 3 heterocycles. The quantitative estimate of drug-likeness (QED) is 0.686. The molecular weight excluding hydrogens is 394 g/mol. The lowest BCUT2D eigenvalue weighted by molar-refractivity contribution is 0.0427. The first-order chi connectivity index (χ1) is 13.9. The molecule has 0 aromatic carbocycles. The van der Waals surface area contributed by atoms with Crippen molar-refractivity contribution >= 4 is 29.3 Å². The maximum atomic E-state index is 12.9. The summed E-state index contributed by atoms with van der Waals surface area (Å²) in [5.41, 5.74) is -0.910. The van der Waals surface area contributed by atoms with E-state index in [1.807, 2.05) is 0 Å². The fourth-order valence-corrected chi connectivity index (χ4v) is 2.53. The van der Waals surface area contributed by atoms with Gasteiger partial charge < -0.3 is 23.5 Å². The minimum Gasteiger partial charge on any atom is -0.479 e. The Morgan fingerprint density at radius 1 is 1.13 bits per heavy atom. The second-order valence-electron chi connectivity index (χ2n) is 8.85. The molecule has 11 heteroatoms. The fraction of sp³-hybridized carbons (Fsp3) is 0.632. The van der Waals surface area contributed by atoms with Crippen LogP contribution in [0.15, 0.2) is 6.33 Å². The summed E-state index contributed by atoms with van der Waals surface area (Å²) in [5.74, 6) is -0.121. The molecule has 0 saturated carbocycles. The molecule has 164 valence electrons. The van der Waals surface area contributed by atoms with Crippen LogP contribution in [0.1, 0.15) is 41.5 Å². The number of methoxy groups -OCH3 is 1. The van der Waals surface area contributed by atoms with Gasteiger partial charge in [0, 0.05) is 0 Å². The van der Waals surface area contributed by atoms with E-state index in [0.29, 0.717) is 29.2 Å². The second-order valence-corrected chi connectivity index (χ2v) is 8.85. The first kappa shape index (κ1) is 21.8. The Kier molecular flexibility index (Phi) is 5.59. The summed E-state index contributed by atoms with van der Waals surface area (Å²) in [6.45, 7) is 11.3. The molecule has 30 heavy (non-hydrogen) atoms. The van der Waals surface area contributed by atoms with Gasteiger partial charge in [-0.05, 0) is 41.5 Å². The van der Waals surface area contributed by atoms with E-state index >= 15 is 0 Å². The van der Waals surface area contributed by atoms with Crippen LogP contribution in [-0.2, 0) is 20.8 Å². The van der Waals surface area contributed by atoms with Crippen molar-refractivity contribution in [2.24, 2.45) is 0 Å². The first-order valence-corrected chi connectivity index (χ1v) is 9.52. The summed E-state index contributed by atoms with van der Waals surface area (Å²) in [4.78, 5) is 39.3. The van der Waals surface area contributed by atoms with Gasteiger partial charge in [0.25, 0.3) is 0 Å². The van der Waals surface area contributed by atoms with Crippen molar-refractivity contribution in [1.82, 2.24) is 19.5 Å². The maximum Gasteiger partial charge on any atom is 0.427 e. The van der Waals surface area contributed by atoms with E-state index in [1.54, 1.807) is 52.4 Å². The van der Waals surface area contributed by atoms with E-state index < -0.39 is 23.4 Å². The average molecular weight is 421 g/mol. The lowest BCUT2D eigenvalue weighted by Gasteiger charge is -2.27. The number of fused-ring (bicyclic) bond motifs is 1. The molecule has 1 aliphatic rings. The third-order valence-electron chi connectivity index (χ3n) is 3.77.